The molecule has 0 bridgehead atoms. The molecular weight excluding hydrogens is 556 g/mol. The number of aromatic nitrogens is 1. The predicted octanol–water partition coefficient (Wildman–Crippen LogP) is 5.86. The molecule has 39 heavy (non-hydrogen) atoms. The van der Waals surface area contributed by atoms with Crippen molar-refractivity contribution in [3.63, 3.8) is 0 Å². The summed E-state index contributed by atoms with van der Waals surface area (Å²) in [6, 6.07) is 9.71. The number of thiazole rings is 1. The van der Waals surface area contributed by atoms with E-state index in [1.165, 1.54) is 27.8 Å². The van der Waals surface area contributed by atoms with Crippen LogP contribution in [0.15, 0.2) is 41.3 Å². The van der Waals surface area contributed by atoms with Crippen LogP contribution in [0.5, 0.6) is 5.75 Å². The number of benzene rings is 2. The zero-order valence-corrected chi connectivity index (χ0v) is 26.2. The molecule has 2 aromatic carbocycles. The smallest absolute Gasteiger partial charge is 0.260 e. The number of ether oxygens (including phenoxy) is 1. The van der Waals surface area contributed by atoms with E-state index in [1.807, 2.05) is 41.8 Å². The van der Waals surface area contributed by atoms with Crippen LogP contribution >= 0.6 is 22.9 Å². The second-order valence-electron chi connectivity index (χ2n) is 10.7. The van der Waals surface area contributed by atoms with Crippen LogP contribution in [-0.2, 0) is 10.0 Å². The van der Waals surface area contributed by atoms with Crippen molar-refractivity contribution in [1.29, 1.82) is 0 Å². The van der Waals surface area contributed by atoms with E-state index in [-0.39, 0.29) is 22.6 Å². The molecule has 0 unspecified atom stereocenters. The third-order valence-corrected chi connectivity index (χ3v) is 9.39. The third kappa shape index (κ3) is 7.70. The van der Waals surface area contributed by atoms with Crippen molar-refractivity contribution >= 4 is 54.2 Å². The first-order chi connectivity index (χ1) is 18.3. The highest BCUT2D eigenvalue weighted by molar-refractivity contribution is 7.89. The van der Waals surface area contributed by atoms with Crippen LogP contribution in [0.1, 0.15) is 44.5 Å². The van der Waals surface area contributed by atoms with Crippen LogP contribution in [0.4, 0.5) is 5.13 Å². The van der Waals surface area contributed by atoms with Gasteiger partial charge in [-0.3, -0.25) is 9.69 Å². The number of hydrogen-bond donors (Lipinski definition) is 0. The lowest BCUT2D eigenvalue weighted by Gasteiger charge is -2.26. The first-order valence-electron chi connectivity index (χ1n) is 13.0. The molecule has 0 spiro atoms. The Morgan fingerprint density at radius 2 is 1.62 bits per heavy atom. The van der Waals surface area contributed by atoms with Crippen LogP contribution in [0.3, 0.4) is 0 Å². The van der Waals surface area contributed by atoms with Crippen LogP contribution in [0, 0.1) is 11.8 Å². The number of carbonyl (C=O) groups excluding carboxylic acids is 1. The van der Waals surface area contributed by atoms with Gasteiger partial charge in [-0.05, 0) is 75.3 Å². The second-order valence-corrected chi connectivity index (χ2v) is 14.0. The van der Waals surface area contributed by atoms with Crippen LogP contribution < -0.4 is 9.64 Å². The summed E-state index contributed by atoms with van der Waals surface area (Å²) in [6.07, 6.45) is 0.728. The number of halogens is 1. The summed E-state index contributed by atoms with van der Waals surface area (Å²) in [7, 11) is 1.84. The molecule has 3 rings (SSSR count). The number of sulfonamides is 1. The monoisotopic (exact) mass is 594 g/mol. The van der Waals surface area contributed by atoms with Gasteiger partial charge in [0.15, 0.2) is 5.13 Å². The lowest BCUT2D eigenvalue weighted by molar-refractivity contribution is 0.0986. The standard InChI is InChI=1S/C28H39ClN4O4S2/c1-19(2)17-32(18-20(3)4)39(35,36)22-11-9-21(10-12-22)27(34)33(16-8-15-31(5)6)28-30-25-24(37-7)14-13-23(29)26(25)38-28/h9-14,19-20H,8,15-18H2,1-7H3. The van der Waals surface area contributed by atoms with Crippen molar-refractivity contribution < 1.29 is 17.9 Å². The number of fused-ring (bicyclic) bond motifs is 1. The molecule has 3 aromatic rings. The molecule has 1 heterocycles. The van der Waals surface area contributed by atoms with Gasteiger partial charge >= 0.3 is 0 Å². The topological polar surface area (TPSA) is 83.0 Å². The number of carbonyl (C=O) groups is 1. The lowest BCUT2D eigenvalue weighted by atomic mass is 10.2. The highest BCUT2D eigenvalue weighted by Gasteiger charge is 2.27. The van der Waals surface area contributed by atoms with Crippen molar-refractivity contribution in [2.75, 3.05) is 52.3 Å². The maximum Gasteiger partial charge on any atom is 0.260 e. The van der Waals surface area contributed by atoms with E-state index in [4.69, 9.17) is 21.3 Å². The van der Waals surface area contributed by atoms with Gasteiger partial charge in [0.1, 0.15) is 11.3 Å². The van der Waals surface area contributed by atoms with Crippen LogP contribution in [0.2, 0.25) is 5.02 Å². The Labute approximate surface area is 241 Å². The summed E-state index contributed by atoms with van der Waals surface area (Å²) in [5.74, 6) is 0.708. The molecule has 0 aliphatic carbocycles. The minimum Gasteiger partial charge on any atom is -0.494 e. The van der Waals surface area contributed by atoms with Gasteiger partial charge in [-0.25, -0.2) is 13.4 Å². The van der Waals surface area contributed by atoms with Gasteiger partial charge in [0, 0.05) is 25.2 Å². The highest BCUT2D eigenvalue weighted by atomic mass is 35.5. The van der Waals surface area contributed by atoms with Gasteiger partial charge in [-0.1, -0.05) is 50.6 Å². The maximum atomic E-state index is 13.8. The van der Waals surface area contributed by atoms with E-state index in [0.717, 1.165) is 17.7 Å². The van der Waals surface area contributed by atoms with E-state index < -0.39 is 10.0 Å². The van der Waals surface area contributed by atoms with Crippen molar-refractivity contribution in [3.8, 4) is 5.75 Å². The van der Waals surface area contributed by atoms with Crippen molar-refractivity contribution in [2.24, 2.45) is 11.8 Å². The van der Waals surface area contributed by atoms with Gasteiger partial charge in [-0.2, -0.15) is 4.31 Å². The van der Waals surface area contributed by atoms with Crippen LogP contribution in [0.25, 0.3) is 10.2 Å². The zero-order valence-electron chi connectivity index (χ0n) is 23.8. The van der Waals surface area contributed by atoms with Crippen molar-refractivity contribution in [1.82, 2.24) is 14.2 Å². The van der Waals surface area contributed by atoms with E-state index in [2.05, 4.69) is 4.90 Å². The molecule has 0 saturated carbocycles. The fraction of sp³-hybridized carbons (Fsp3) is 0.500. The molecule has 0 N–H and O–H groups in total. The molecule has 0 atom stereocenters. The minimum absolute atomic E-state index is 0.177. The molecule has 0 radical (unpaired) electrons. The van der Waals surface area contributed by atoms with E-state index >= 15 is 0 Å². The van der Waals surface area contributed by atoms with Gasteiger partial charge in [0.2, 0.25) is 10.0 Å². The quantitative estimate of drug-likeness (QED) is 0.246. The predicted molar refractivity (Wildman–Crippen MR) is 161 cm³/mol. The molecule has 0 aliphatic rings. The lowest BCUT2D eigenvalue weighted by Crippen LogP contribution is -2.37. The molecule has 0 fully saturated rings. The number of anilines is 1. The molecule has 0 aliphatic heterocycles. The molecular formula is C28H39ClN4O4S2. The van der Waals surface area contributed by atoms with Crippen molar-refractivity contribution in [3.05, 3.63) is 47.0 Å². The molecule has 11 heteroatoms. The fourth-order valence-corrected chi connectivity index (χ4v) is 7.26. The zero-order chi connectivity index (χ0) is 28.9. The van der Waals surface area contributed by atoms with Crippen molar-refractivity contribution in [2.45, 2.75) is 39.0 Å². The van der Waals surface area contributed by atoms with Gasteiger partial charge in [0.25, 0.3) is 5.91 Å². The molecule has 8 nitrogen and oxygen atoms in total. The Bertz CT molecular complexity index is 1360. The van der Waals surface area contributed by atoms with E-state index in [1.54, 1.807) is 36.3 Å². The number of nitrogens with zero attached hydrogens (tertiary/aromatic N) is 4. The Morgan fingerprint density at radius 1 is 1.00 bits per heavy atom. The Morgan fingerprint density at radius 3 is 2.15 bits per heavy atom. The normalized spacial score (nSPS) is 12.3. The Balaban J connectivity index is 1.96. The number of hydrogen-bond acceptors (Lipinski definition) is 7. The molecule has 0 saturated heterocycles. The van der Waals surface area contributed by atoms with Gasteiger partial charge in [-0.15, -0.1) is 0 Å². The van der Waals surface area contributed by atoms with E-state index in [9.17, 15) is 13.2 Å². The van der Waals surface area contributed by atoms with Crippen LogP contribution in [-0.4, -0.2) is 75.9 Å². The average molecular weight is 595 g/mol. The summed E-state index contributed by atoms with van der Waals surface area (Å²) in [5, 5.41) is 1.05. The average Bonchev–Trinajstić information content (AvgIpc) is 3.31. The second kappa shape index (κ2) is 13.4. The largest absolute Gasteiger partial charge is 0.494 e. The summed E-state index contributed by atoms with van der Waals surface area (Å²) < 4.78 is 34.6. The third-order valence-electron chi connectivity index (χ3n) is 6.01. The summed E-state index contributed by atoms with van der Waals surface area (Å²) in [4.78, 5) is 22.4. The number of amides is 1. The number of rotatable bonds is 13. The summed E-state index contributed by atoms with van der Waals surface area (Å²) in [5.41, 5.74) is 0.989. The summed E-state index contributed by atoms with van der Waals surface area (Å²) in [6.45, 7) is 10.1. The molecule has 214 valence electrons. The molecule has 1 amide bonds. The highest BCUT2D eigenvalue weighted by Crippen LogP contribution is 2.39. The molecule has 1 aromatic heterocycles. The van der Waals surface area contributed by atoms with E-state index in [0.29, 0.717) is 46.6 Å². The Kier molecular flexibility index (Phi) is 10.8. The first kappa shape index (κ1) is 31.3. The SMILES string of the molecule is COc1ccc(Cl)c2sc(N(CCCN(C)C)C(=O)c3ccc(S(=O)(=O)N(CC(C)C)CC(C)C)cc3)nc12. The minimum atomic E-state index is -3.70. The van der Waals surface area contributed by atoms with Gasteiger partial charge < -0.3 is 9.64 Å². The number of methoxy groups -OCH3 is 1. The first-order valence-corrected chi connectivity index (χ1v) is 15.7. The van der Waals surface area contributed by atoms with Gasteiger partial charge in [0.05, 0.1) is 21.7 Å². The maximum absolute atomic E-state index is 13.8. The fourth-order valence-electron chi connectivity index (χ4n) is 4.21. The summed E-state index contributed by atoms with van der Waals surface area (Å²) >= 11 is 7.77. The Hall–Kier alpha value is -2.24.